The van der Waals surface area contributed by atoms with E-state index < -0.39 is 28.0 Å². The molecule has 0 bridgehead atoms. The van der Waals surface area contributed by atoms with Gasteiger partial charge in [0.25, 0.3) is 5.91 Å². The smallest absolute Gasteiger partial charge is 0.338 e. The molecule has 0 unspecified atom stereocenters. The van der Waals surface area contributed by atoms with Crippen molar-refractivity contribution in [1.29, 1.82) is 0 Å². The van der Waals surface area contributed by atoms with Crippen LogP contribution < -0.4 is 10.6 Å². The molecule has 13 heteroatoms. The van der Waals surface area contributed by atoms with Gasteiger partial charge in [0, 0.05) is 21.5 Å². The van der Waals surface area contributed by atoms with Crippen molar-refractivity contribution < 1.29 is 19.5 Å². The van der Waals surface area contributed by atoms with Crippen LogP contribution >= 0.6 is 69.5 Å². The van der Waals surface area contributed by atoms with Crippen LogP contribution in [0.1, 0.15) is 26.3 Å². The van der Waals surface area contributed by atoms with Gasteiger partial charge in [-0.3, -0.25) is 9.59 Å². The molecular weight excluding hydrogens is 624 g/mol. The lowest BCUT2D eigenvalue weighted by Crippen LogP contribution is -2.18. The Labute approximate surface area is 251 Å². The highest BCUT2D eigenvalue weighted by Crippen LogP contribution is 2.42. The predicted octanol–water partition coefficient (Wildman–Crippen LogP) is 8.41. The molecule has 0 aliphatic carbocycles. The van der Waals surface area contributed by atoms with E-state index in [2.05, 4.69) is 15.6 Å². The van der Waals surface area contributed by atoms with Crippen LogP contribution in [0.15, 0.2) is 58.8 Å². The van der Waals surface area contributed by atoms with Crippen LogP contribution in [0.25, 0.3) is 11.3 Å². The van der Waals surface area contributed by atoms with Crippen LogP contribution in [-0.4, -0.2) is 33.6 Å². The zero-order chi connectivity index (χ0) is 28.3. The van der Waals surface area contributed by atoms with Crippen LogP contribution in [0.5, 0.6) is 0 Å². The number of thioether (sulfide) groups is 1. The molecule has 3 aromatic carbocycles. The number of carbonyl (C=O) groups is 3. The van der Waals surface area contributed by atoms with Gasteiger partial charge in [0.1, 0.15) is 0 Å². The topological polar surface area (TPSA) is 108 Å². The molecule has 3 N–H and O–H groups in total. The number of benzene rings is 3. The average molecular weight is 641 g/mol. The fourth-order valence-corrected chi connectivity index (χ4v) is 5.82. The number of carboxylic acid groups (broad SMARTS) is 1. The second-order valence-electron chi connectivity index (χ2n) is 8.03. The minimum atomic E-state index is -1.49. The molecular formula is C26H17Cl4N3O4S2. The van der Waals surface area contributed by atoms with Crippen molar-refractivity contribution in [2.75, 3.05) is 16.4 Å². The van der Waals surface area contributed by atoms with E-state index in [0.717, 1.165) is 21.7 Å². The number of hydrogen-bond donors (Lipinski definition) is 3. The SMILES string of the molecule is Cc1ccc(-c2csc(NC(=O)CSc3ccc(NC(=O)c4c(Cl)c(Cl)c(Cl)c(Cl)c4C(=O)O)cc3)n2)cc1. The van der Waals surface area contributed by atoms with E-state index in [1.165, 1.54) is 23.1 Å². The molecule has 0 saturated carbocycles. The molecule has 0 radical (unpaired) electrons. The van der Waals surface area contributed by atoms with E-state index in [1.807, 2.05) is 36.6 Å². The number of aromatic nitrogens is 1. The van der Waals surface area contributed by atoms with Crippen LogP contribution in [0, 0.1) is 6.92 Å². The van der Waals surface area contributed by atoms with Gasteiger partial charge in [-0.2, -0.15) is 0 Å². The Bertz CT molecular complexity index is 1580. The van der Waals surface area contributed by atoms with E-state index in [1.54, 1.807) is 24.3 Å². The third kappa shape index (κ3) is 6.87. The number of thiazole rings is 1. The van der Waals surface area contributed by atoms with Crippen molar-refractivity contribution in [2.45, 2.75) is 11.8 Å². The number of aryl methyl sites for hydroxylation is 1. The molecule has 1 aromatic heterocycles. The minimum Gasteiger partial charge on any atom is -0.478 e. The first kappa shape index (κ1) is 29.2. The zero-order valence-corrected chi connectivity index (χ0v) is 24.5. The van der Waals surface area contributed by atoms with E-state index in [-0.39, 0.29) is 26.7 Å². The molecule has 0 fully saturated rings. The number of anilines is 2. The molecule has 7 nitrogen and oxygen atoms in total. The second kappa shape index (κ2) is 12.6. The summed E-state index contributed by atoms with van der Waals surface area (Å²) in [5.41, 5.74) is 2.31. The van der Waals surface area contributed by atoms with Gasteiger partial charge in [-0.15, -0.1) is 23.1 Å². The number of aromatic carboxylic acids is 1. The normalized spacial score (nSPS) is 10.8. The van der Waals surface area contributed by atoms with E-state index >= 15 is 0 Å². The summed E-state index contributed by atoms with van der Waals surface area (Å²) in [4.78, 5) is 42.3. The van der Waals surface area contributed by atoms with Crippen molar-refractivity contribution in [3.05, 3.63) is 90.7 Å². The van der Waals surface area contributed by atoms with Crippen LogP contribution in [0.3, 0.4) is 0 Å². The molecule has 0 saturated heterocycles. The number of nitrogens with zero attached hydrogens (tertiary/aromatic N) is 1. The summed E-state index contributed by atoms with van der Waals surface area (Å²) in [5, 5.41) is 16.1. The molecule has 0 atom stereocenters. The van der Waals surface area contributed by atoms with Gasteiger partial charge in [0.2, 0.25) is 5.91 Å². The van der Waals surface area contributed by atoms with Gasteiger partial charge in [0.05, 0.1) is 42.7 Å². The highest BCUT2D eigenvalue weighted by atomic mass is 35.5. The number of nitrogens with one attached hydrogen (secondary N) is 2. The van der Waals surface area contributed by atoms with Crippen molar-refractivity contribution in [2.24, 2.45) is 0 Å². The minimum absolute atomic E-state index is 0.143. The average Bonchev–Trinajstić information content (AvgIpc) is 3.37. The van der Waals surface area contributed by atoms with Gasteiger partial charge >= 0.3 is 5.97 Å². The Balaban J connectivity index is 1.36. The Hall–Kier alpha value is -2.79. The molecule has 39 heavy (non-hydrogen) atoms. The molecule has 0 aliphatic heterocycles. The van der Waals surface area contributed by atoms with Crippen LogP contribution in [0.2, 0.25) is 20.1 Å². The lowest BCUT2D eigenvalue weighted by atomic mass is 10.1. The fourth-order valence-electron chi connectivity index (χ4n) is 3.37. The number of carbonyl (C=O) groups excluding carboxylic acids is 2. The molecule has 2 amide bonds. The quantitative estimate of drug-likeness (QED) is 0.101. The van der Waals surface area contributed by atoms with E-state index in [4.69, 9.17) is 46.4 Å². The Kier molecular flexibility index (Phi) is 9.43. The summed E-state index contributed by atoms with van der Waals surface area (Å²) >= 11 is 26.7. The first-order chi connectivity index (χ1) is 18.5. The molecule has 1 heterocycles. The maximum absolute atomic E-state index is 12.9. The summed E-state index contributed by atoms with van der Waals surface area (Å²) in [6.07, 6.45) is 0. The van der Waals surface area contributed by atoms with Crippen molar-refractivity contribution in [3.8, 4) is 11.3 Å². The third-order valence-electron chi connectivity index (χ3n) is 5.29. The summed E-state index contributed by atoms with van der Waals surface area (Å²) in [5.74, 6) is -2.38. The van der Waals surface area contributed by atoms with Crippen LogP contribution in [-0.2, 0) is 4.79 Å². The maximum Gasteiger partial charge on any atom is 0.338 e. The van der Waals surface area contributed by atoms with Crippen molar-refractivity contribution in [1.82, 2.24) is 4.98 Å². The molecule has 0 aliphatic rings. The Morgan fingerprint density at radius 3 is 2.10 bits per heavy atom. The second-order valence-corrected chi connectivity index (χ2v) is 11.4. The highest BCUT2D eigenvalue weighted by Gasteiger charge is 2.29. The molecule has 4 aromatic rings. The molecule has 4 rings (SSSR count). The number of amides is 2. The molecule has 200 valence electrons. The third-order valence-corrected chi connectivity index (χ3v) is 8.86. The Morgan fingerprint density at radius 2 is 1.49 bits per heavy atom. The number of rotatable bonds is 8. The monoisotopic (exact) mass is 639 g/mol. The first-order valence-electron chi connectivity index (χ1n) is 11.0. The lowest BCUT2D eigenvalue weighted by Gasteiger charge is -2.14. The molecule has 0 spiro atoms. The predicted molar refractivity (Wildman–Crippen MR) is 159 cm³/mol. The van der Waals surface area contributed by atoms with Gasteiger partial charge < -0.3 is 15.7 Å². The van der Waals surface area contributed by atoms with Crippen molar-refractivity contribution >= 4 is 98.1 Å². The Morgan fingerprint density at radius 1 is 0.872 bits per heavy atom. The number of hydrogen-bond acceptors (Lipinski definition) is 6. The summed E-state index contributed by atoms with van der Waals surface area (Å²) in [6, 6.07) is 14.6. The van der Waals surface area contributed by atoms with Gasteiger partial charge in [-0.05, 0) is 31.2 Å². The summed E-state index contributed by atoms with van der Waals surface area (Å²) in [6.45, 7) is 2.01. The summed E-state index contributed by atoms with van der Waals surface area (Å²) in [7, 11) is 0. The first-order valence-corrected chi connectivity index (χ1v) is 14.4. The summed E-state index contributed by atoms with van der Waals surface area (Å²) < 4.78 is 0. The fraction of sp³-hybridized carbons (Fsp3) is 0.0769. The van der Waals surface area contributed by atoms with E-state index in [9.17, 15) is 19.5 Å². The van der Waals surface area contributed by atoms with Gasteiger partial charge in [-0.25, -0.2) is 9.78 Å². The maximum atomic E-state index is 12.9. The number of halogens is 4. The number of carboxylic acids is 1. The highest BCUT2D eigenvalue weighted by molar-refractivity contribution is 8.00. The van der Waals surface area contributed by atoms with E-state index in [0.29, 0.717) is 10.8 Å². The van der Waals surface area contributed by atoms with Gasteiger partial charge in [-0.1, -0.05) is 76.2 Å². The largest absolute Gasteiger partial charge is 0.478 e. The lowest BCUT2D eigenvalue weighted by molar-refractivity contribution is -0.113. The zero-order valence-electron chi connectivity index (χ0n) is 19.9. The van der Waals surface area contributed by atoms with Crippen molar-refractivity contribution in [3.63, 3.8) is 0 Å². The standard InChI is InChI=1S/C26H17Cl4N3O4S2/c1-12-2-4-13(5-3-12)16-10-39-26(32-16)33-17(34)11-38-15-8-6-14(7-9-15)31-24(35)18-19(25(36)37)21(28)23(30)22(29)20(18)27/h2-10H,11H2,1H3,(H,31,35)(H,36,37)(H,32,33,34). The van der Waals surface area contributed by atoms with Gasteiger partial charge in [0.15, 0.2) is 5.13 Å². The van der Waals surface area contributed by atoms with Crippen LogP contribution in [0.4, 0.5) is 10.8 Å².